The summed E-state index contributed by atoms with van der Waals surface area (Å²) in [4.78, 5) is 29.8. The number of rotatable bonds is 2. The van der Waals surface area contributed by atoms with Gasteiger partial charge in [0.1, 0.15) is 5.84 Å². The van der Waals surface area contributed by atoms with Crippen LogP contribution in [0, 0.1) is 5.41 Å². The molecule has 0 aromatic heterocycles. The topological polar surface area (TPSA) is 79.7 Å². The van der Waals surface area contributed by atoms with Crippen LogP contribution in [0.4, 0.5) is 21.9 Å². The number of para-hydroxylation sites is 1. The minimum Gasteiger partial charge on any atom is -0.331 e. The summed E-state index contributed by atoms with van der Waals surface area (Å²) in [5, 5.41) is 11.6. The summed E-state index contributed by atoms with van der Waals surface area (Å²) in [6.45, 7) is 0. The second kappa shape index (κ2) is 7.74. The number of anilines is 3. The van der Waals surface area contributed by atoms with Crippen molar-refractivity contribution >= 4 is 46.4 Å². The lowest BCUT2D eigenvalue weighted by atomic mass is 10.2. The van der Waals surface area contributed by atoms with Crippen LogP contribution in [-0.4, -0.2) is 43.8 Å². The van der Waals surface area contributed by atoms with Crippen LogP contribution in [0.5, 0.6) is 0 Å². The fraction of sp³-hybridized carbons (Fsp3) is 0.150. The van der Waals surface area contributed by atoms with E-state index in [1.807, 2.05) is 18.2 Å². The molecule has 0 aliphatic carbocycles. The molecule has 144 valence electrons. The molecular formula is C20H20ClN5O2. The first-order valence-electron chi connectivity index (χ1n) is 8.51. The number of urea groups is 1. The third-order valence-corrected chi connectivity index (χ3v) is 4.56. The van der Waals surface area contributed by atoms with Crippen molar-refractivity contribution < 1.29 is 9.59 Å². The summed E-state index contributed by atoms with van der Waals surface area (Å²) in [7, 11) is 4.88. The van der Waals surface area contributed by atoms with E-state index in [1.54, 1.807) is 56.4 Å². The Hall–Kier alpha value is -3.32. The van der Waals surface area contributed by atoms with E-state index in [4.69, 9.17) is 17.0 Å². The van der Waals surface area contributed by atoms with Crippen molar-refractivity contribution in [3.8, 4) is 0 Å². The largest absolute Gasteiger partial charge is 0.331 e. The number of halogens is 1. The van der Waals surface area contributed by atoms with Gasteiger partial charge in [0.05, 0.1) is 16.9 Å². The zero-order chi connectivity index (χ0) is 20.4. The maximum absolute atomic E-state index is 13.4. The van der Waals surface area contributed by atoms with Gasteiger partial charge in [-0.2, -0.15) is 0 Å². The number of carbonyl (C=O) groups excluding carboxylic acids is 2. The van der Waals surface area contributed by atoms with Crippen LogP contribution in [0.3, 0.4) is 0 Å². The smallest absolute Gasteiger partial charge is 0.320 e. The number of likely N-dealkylation sites (N-methyl/N-ethyl adjacent to an activating group) is 1. The summed E-state index contributed by atoms with van der Waals surface area (Å²) >= 11 is 6.20. The average molecular weight is 398 g/mol. The fourth-order valence-electron chi connectivity index (χ4n) is 2.82. The third kappa shape index (κ3) is 3.57. The minimum atomic E-state index is -0.442. The highest BCUT2D eigenvalue weighted by Crippen LogP contribution is 2.40. The highest BCUT2D eigenvalue weighted by atomic mass is 35.5. The van der Waals surface area contributed by atoms with Gasteiger partial charge >= 0.3 is 6.03 Å². The van der Waals surface area contributed by atoms with E-state index >= 15 is 0 Å². The first-order valence-corrected chi connectivity index (χ1v) is 8.88. The zero-order valence-electron chi connectivity index (χ0n) is 15.7. The van der Waals surface area contributed by atoms with E-state index in [2.05, 4.69) is 5.32 Å². The number of nitrogens with zero attached hydrogens (tertiary/aromatic N) is 3. The number of fused-ring (bicyclic) bond motifs is 1. The summed E-state index contributed by atoms with van der Waals surface area (Å²) in [5.74, 6) is -0.478. The Labute approximate surface area is 168 Å². The molecule has 0 bridgehead atoms. The molecule has 3 rings (SSSR count). The van der Waals surface area contributed by atoms with Gasteiger partial charge in [0, 0.05) is 38.1 Å². The summed E-state index contributed by atoms with van der Waals surface area (Å²) < 4.78 is 0. The lowest BCUT2D eigenvalue weighted by Gasteiger charge is -2.24. The molecule has 2 aromatic rings. The number of hydrogen-bond donors (Lipinski definition) is 2. The standard InChI is InChI=1S/C20H20ClN5O2/c1-24(2)20(28)23-12-15-18(22)25(3)16-10-9-13(21)11-17(16)26(19(15)27)14-7-5-4-6-8-14/h4-12,22H,1-3H3,(H,23,28)/b15-12+,22-18?. The maximum atomic E-state index is 13.4. The number of benzene rings is 2. The van der Waals surface area contributed by atoms with Crippen molar-refractivity contribution in [1.29, 1.82) is 5.41 Å². The zero-order valence-corrected chi connectivity index (χ0v) is 16.5. The van der Waals surface area contributed by atoms with Crippen molar-refractivity contribution in [3.63, 3.8) is 0 Å². The van der Waals surface area contributed by atoms with E-state index in [0.29, 0.717) is 22.1 Å². The van der Waals surface area contributed by atoms with Crippen molar-refractivity contribution in [2.24, 2.45) is 0 Å². The minimum absolute atomic E-state index is 0.0361. The van der Waals surface area contributed by atoms with Gasteiger partial charge in [-0.05, 0) is 30.3 Å². The maximum Gasteiger partial charge on any atom is 0.320 e. The monoisotopic (exact) mass is 397 g/mol. The molecule has 0 saturated carbocycles. The van der Waals surface area contributed by atoms with Crippen molar-refractivity contribution in [1.82, 2.24) is 10.2 Å². The molecule has 0 atom stereocenters. The molecule has 8 heteroatoms. The molecule has 2 N–H and O–H groups in total. The number of nitrogens with one attached hydrogen (secondary N) is 2. The predicted molar refractivity (Wildman–Crippen MR) is 111 cm³/mol. The first-order chi connectivity index (χ1) is 13.3. The molecule has 0 saturated heterocycles. The number of amidine groups is 1. The van der Waals surface area contributed by atoms with Crippen LogP contribution < -0.4 is 15.1 Å². The quantitative estimate of drug-likeness (QED) is 0.760. The Bertz CT molecular complexity index is 972. The molecule has 3 amide bonds. The van der Waals surface area contributed by atoms with Crippen molar-refractivity contribution in [2.45, 2.75) is 0 Å². The van der Waals surface area contributed by atoms with Crippen LogP contribution in [0.25, 0.3) is 0 Å². The van der Waals surface area contributed by atoms with E-state index in [0.717, 1.165) is 0 Å². The van der Waals surface area contributed by atoms with Gasteiger partial charge in [0.25, 0.3) is 5.91 Å². The second-order valence-electron chi connectivity index (χ2n) is 6.42. The normalized spacial score (nSPS) is 15.4. The molecule has 7 nitrogen and oxygen atoms in total. The Morgan fingerprint density at radius 3 is 2.46 bits per heavy atom. The van der Waals surface area contributed by atoms with Crippen LogP contribution >= 0.6 is 11.6 Å². The predicted octanol–water partition coefficient (Wildman–Crippen LogP) is 3.59. The average Bonchev–Trinajstić information content (AvgIpc) is 2.74. The van der Waals surface area contributed by atoms with Gasteiger partial charge in [0.2, 0.25) is 0 Å². The highest BCUT2D eigenvalue weighted by molar-refractivity contribution is 6.35. The fourth-order valence-corrected chi connectivity index (χ4v) is 2.98. The SMILES string of the molecule is CN(C)C(=O)N/C=C1\C(=N)N(C)c2ccc(Cl)cc2N(c2ccccc2)C1=O. The third-order valence-electron chi connectivity index (χ3n) is 4.32. The molecule has 0 radical (unpaired) electrons. The molecule has 2 aromatic carbocycles. The van der Waals surface area contributed by atoms with E-state index < -0.39 is 11.9 Å². The molecular weight excluding hydrogens is 378 g/mol. The molecule has 0 spiro atoms. The lowest BCUT2D eigenvalue weighted by molar-refractivity contribution is -0.114. The number of hydrogen-bond acceptors (Lipinski definition) is 3. The van der Waals surface area contributed by atoms with Crippen molar-refractivity contribution in [2.75, 3.05) is 30.9 Å². The van der Waals surface area contributed by atoms with Gasteiger partial charge in [-0.15, -0.1) is 0 Å². The Kier molecular flexibility index (Phi) is 5.37. The van der Waals surface area contributed by atoms with Crippen LogP contribution in [-0.2, 0) is 4.79 Å². The van der Waals surface area contributed by atoms with E-state index in [1.165, 1.54) is 16.0 Å². The molecule has 0 unspecified atom stereocenters. The Morgan fingerprint density at radius 1 is 1.14 bits per heavy atom. The van der Waals surface area contributed by atoms with Crippen LogP contribution in [0.2, 0.25) is 5.02 Å². The molecule has 28 heavy (non-hydrogen) atoms. The Balaban J connectivity index is 2.18. The van der Waals surface area contributed by atoms with Crippen LogP contribution in [0.1, 0.15) is 0 Å². The van der Waals surface area contributed by atoms with Crippen LogP contribution in [0.15, 0.2) is 60.3 Å². The van der Waals surface area contributed by atoms with E-state index in [9.17, 15) is 9.59 Å². The number of amides is 3. The Morgan fingerprint density at radius 2 is 1.82 bits per heavy atom. The number of carbonyl (C=O) groups is 2. The van der Waals surface area contributed by atoms with E-state index in [-0.39, 0.29) is 11.4 Å². The van der Waals surface area contributed by atoms with Gasteiger partial charge in [-0.1, -0.05) is 29.8 Å². The highest BCUT2D eigenvalue weighted by Gasteiger charge is 2.33. The first kappa shape index (κ1) is 19.4. The molecule has 1 aliphatic heterocycles. The van der Waals surface area contributed by atoms with Crippen molar-refractivity contribution in [3.05, 3.63) is 65.3 Å². The summed E-state index contributed by atoms with van der Waals surface area (Å²) in [6.07, 6.45) is 1.27. The summed E-state index contributed by atoms with van der Waals surface area (Å²) in [6, 6.07) is 13.9. The van der Waals surface area contributed by atoms with Gasteiger partial charge in [0.15, 0.2) is 0 Å². The molecule has 1 aliphatic rings. The second-order valence-corrected chi connectivity index (χ2v) is 6.86. The molecule has 1 heterocycles. The van der Waals surface area contributed by atoms with Gasteiger partial charge in [-0.25, -0.2) is 4.79 Å². The molecule has 0 fully saturated rings. The lowest BCUT2D eigenvalue weighted by Crippen LogP contribution is -2.36. The summed E-state index contributed by atoms with van der Waals surface area (Å²) in [5.41, 5.74) is 1.88. The van der Waals surface area contributed by atoms with Gasteiger partial charge in [-0.3, -0.25) is 15.1 Å². The van der Waals surface area contributed by atoms with Gasteiger partial charge < -0.3 is 15.1 Å².